The van der Waals surface area contributed by atoms with Crippen molar-refractivity contribution in [2.75, 3.05) is 13.1 Å². The number of piperidine rings is 1. The van der Waals surface area contributed by atoms with Crippen LogP contribution in [0.3, 0.4) is 0 Å². The van der Waals surface area contributed by atoms with E-state index in [0.717, 1.165) is 0 Å². The predicted molar refractivity (Wildman–Crippen MR) is 127 cm³/mol. The van der Waals surface area contributed by atoms with Crippen LogP contribution in [0, 0.1) is 11.8 Å². The number of carbonyl (C=O) groups excluding carboxylic acids is 3. The van der Waals surface area contributed by atoms with Gasteiger partial charge >= 0.3 is 0 Å². The third kappa shape index (κ3) is 6.11. The van der Waals surface area contributed by atoms with E-state index in [-0.39, 0.29) is 34.1 Å². The van der Waals surface area contributed by atoms with E-state index in [1.807, 2.05) is 44.2 Å². The van der Waals surface area contributed by atoms with Crippen molar-refractivity contribution in [1.82, 2.24) is 10.2 Å². The smallest absolute Gasteiger partial charge is 0.253 e. The molecule has 2 aromatic rings. The quantitative estimate of drug-likeness (QED) is 0.556. The zero-order valence-corrected chi connectivity index (χ0v) is 19.8. The Morgan fingerprint density at radius 1 is 1.03 bits per heavy atom. The Balaban J connectivity index is 1.64. The lowest BCUT2D eigenvalue weighted by Crippen LogP contribution is -2.51. The molecule has 170 valence electrons. The first-order valence-corrected chi connectivity index (χ1v) is 11.7. The van der Waals surface area contributed by atoms with Crippen molar-refractivity contribution in [1.29, 1.82) is 0 Å². The van der Waals surface area contributed by atoms with Crippen molar-refractivity contribution in [2.45, 2.75) is 39.2 Å². The van der Waals surface area contributed by atoms with Gasteiger partial charge in [-0.15, -0.1) is 0 Å². The van der Waals surface area contributed by atoms with E-state index in [0.29, 0.717) is 42.9 Å². The van der Waals surface area contributed by atoms with Crippen LogP contribution < -0.4 is 5.32 Å². The highest BCUT2D eigenvalue weighted by Crippen LogP contribution is 2.24. The largest absolute Gasteiger partial charge is 0.341 e. The van der Waals surface area contributed by atoms with Crippen LogP contribution in [0.15, 0.2) is 48.5 Å². The van der Waals surface area contributed by atoms with Crippen molar-refractivity contribution in [3.05, 3.63) is 69.7 Å². The van der Waals surface area contributed by atoms with Crippen molar-refractivity contribution in [3.63, 3.8) is 0 Å². The molecule has 1 N–H and O–H groups in total. The van der Waals surface area contributed by atoms with Gasteiger partial charge in [-0.2, -0.15) is 0 Å². The van der Waals surface area contributed by atoms with Gasteiger partial charge in [0.1, 0.15) is 6.04 Å². The number of hydrogen-bond donors (Lipinski definition) is 1. The van der Waals surface area contributed by atoms with Gasteiger partial charge < -0.3 is 10.2 Å². The summed E-state index contributed by atoms with van der Waals surface area (Å²) in [6.45, 7) is 5.00. The van der Waals surface area contributed by atoms with Gasteiger partial charge in [-0.1, -0.05) is 67.4 Å². The molecule has 1 unspecified atom stereocenters. The normalized spacial score (nSPS) is 15.5. The van der Waals surface area contributed by atoms with Gasteiger partial charge in [0.25, 0.3) is 5.91 Å². The number of carbonyl (C=O) groups is 3. The zero-order chi connectivity index (χ0) is 23.3. The Labute approximate surface area is 199 Å². The molecule has 0 saturated carbocycles. The summed E-state index contributed by atoms with van der Waals surface area (Å²) in [5, 5.41) is 3.54. The number of nitrogens with one attached hydrogen (secondary N) is 1. The highest BCUT2D eigenvalue weighted by molar-refractivity contribution is 6.36. The highest BCUT2D eigenvalue weighted by atomic mass is 35.5. The summed E-state index contributed by atoms with van der Waals surface area (Å²) in [7, 11) is 0. The minimum atomic E-state index is -0.657. The molecule has 1 aliphatic rings. The fraction of sp³-hybridized carbons (Fsp3) is 0.400. The molecule has 3 rings (SSSR count). The predicted octanol–water partition coefficient (Wildman–Crippen LogP) is 5.26. The van der Waals surface area contributed by atoms with E-state index in [4.69, 9.17) is 23.2 Å². The van der Waals surface area contributed by atoms with Crippen LogP contribution in [0.1, 0.15) is 53.8 Å². The molecule has 1 heterocycles. The van der Waals surface area contributed by atoms with Crippen LogP contribution in [0.25, 0.3) is 0 Å². The zero-order valence-electron chi connectivity index (χ0n) is 18.3. The van der Waals surface area contributed by atoms with Gasteiger partial charge in [0.05, 0.1) is 10.6 Å². The molecule has 1 atom stereocenters. The van der Waals surface area contributed by atoms with Crippen LogP contribution in [0.4, 0.5) is 0 Å². The van der Waals surface area contributed by atoms with E-state index in [1.165, 1.54) is 6.07 Å². The molecule has 0 spiro atoms. The van der Waals surface area contributed by atoms with Crippen molar-refractivity contribution in [2.24, 2.45) is 11.8 Å². The summed E-state index contributed by atoms with van der Waals surface area (Å²) in [4.78, 5) is 40.5. The SMILES string of the molecule is CC(C)CC(NC(=O)c1ccc(Cl)cc1Cl)C(=O)N1CCC(C(=O)c2ccccc2)CC1. The summed E-state index contributed by atoms with van der Waals surface area (Å²) in [6.07, 6.45) is 1.74. The van der Waals surface area contributed by atoms with E-state index >= 15 is 0 Å². The molecule has 2 amide bonds. The molecule has 0 radical (unpaired) electrons. The van der Waals surface area contributed by atoms with Crippen LogP contribution in [-0.4, -0.2) is 41.6 Å². The fourth-order valence-corrected chi connectivity index (χ4v) is 4.52. The number of nitrogens with zero attached hydrogens (tertiary/aromatic N) is 1. The molecular weight excluding hydrogens is 447 g/mol. The summed E-state index contributed by atoms with van der Waals surface area (Å²) in [6, 6.07) is 13.3. The molecule has 32 heavy (non-hydrogen) atoms. The first-order valence-electron chi connectivity index (χ1n) is 10.9. The molecule has 1 saturated heterocycles. The van der Waals surface area contributed by atoms with Crippen molar-refractivity contribution < 1.29 is 14.4 Å². The van der Waals surface area contributed by atoms with Crippen LogP contribution in [-0.2, 0) is 4.79 Å². The summed E-state index contributed by atoms with van der Waals surface area (Å²) in [5.74, 6) is -0.278. The van der Waals surface area contributed by atoms with Gasteiger partial charge in [-0.25, -0.2) is 0 Å². The van der Waals surface area contributed by atoms with Gasteiger partial charge in [0.15, 0.2) is 5.78 Å². The Bertz CT molecular complexity index is 970. The number of ketones is 1. The van der Waals surface area contributed by atoms with E-state index < -0.39 is 11.9 Å². The van der Waals surface area contributed by atoms with Gasteiger partial charge in [0, 0.05) is 29.6 Å². The third-order valence-corrected chi connectivity index (χ3v) is 6.27. The molecule has 0 aromatic heterocycles. The maximum atomic E-state index is 13.3. The Morgan fingerprint density at radius 3 is 2.28 bits per heavy atom. The fourth-order valence-electron chi connectivity index (χ4n) is 4.02. The van der Waals surface area contributed by atoms with Gasteiger partial charge in [-0.05, 0) is 43.4 Å². The lowest BCUT2D eigenvalue weighted by atomic mass is 9.88. The Kier molecular flexibility index (Phi) is 8.32. The number of Topliss-reactive ketones (excluding diaryl/α,β-unsaturated/α-hetero) is 1. The molecule has 1 aliphatic heterocycles. The maximum Gasteiger partial charge on any atom is 0.253 e. The molecule has 1 fully saturated rings. The number of benzene rings is 2. The first-order chi connectivity index (χ1) is 15.3. The highest BCUT2D eigenvalue weighted by Gasteiger charge is 2.32. The average Bonchev–Trinajstić information content (AvgIpc) is 2.78. The molecule has 7 heteroatoms. The number of likely N-dealkylation sites (tertiary alicyclic amines) is 1. The van der Waals surface area contributed by atoms with Gasteiger partial charge in [-0.3, -0.25) is 14.4 Å². The number of amides is 2. The van der Waals surface area contributed by atoms with E-state index in [1.54, 1.807) is 17.0 Å². The Hall–Kier alpha value is -2.37. The van der Waals surface area contributed by atoms with Crippen LogP contribution in [0.2, 0.25) is 10.0 Å². The van der Waals surface area contributed by atoms with E-state index in [9.17, 15) is 14.4 Å². The maximum absolute atomic E-state index is 13.3. The second kappa shape index (κ2) is 11.0. The average molecular weight is 475 g/mol. The van der Waals surface area contributed by atoms with Crippen molar-refractivity contribution >= 4 is 40.8 Å². The van der Waals surface area contributed by atoms with E-state index in [2.05, 4.69) is 5.32 Å². The topological polar surface area (TPSA) is 66.5 Å². The first kappa shape index (κ1) is 24.3. The summed E-state index contributed by atoms with van der Waals surface area (Å²) >= 11 is 12.1. The van der Waals surface area contributed by atoms with Crippen LogP contribution in [0.5, 0.6) is 0 Å². The standard InChI is InChI=1S/C25H28Cl2N2O3/c1-16(2)14-22(28-24(31)20-9-8-19(26)15-21(20)27)25(32)29-12-10-18(11-13-29)23(30)17-6-4-3-5-7-17/h3-9,15-16,18,22H,10-14H2,1-2H3,(H,28,31). The minimum absolute atomic E-state index is 0.0903. The number of rotatable bonds is 7. The van der Waals surface area contributed by atoms with Crippen molar-refractivity contribution in [3.8, 4) is 0 Å². The minimum Gasteiger partial charge on any atom is -0.341 e. The lowest BCUT2D eigenvalue weighted by Gasteiger charge is -2.34. The summed E-state index contributed by atoms with van der Waals surface area (Å²) in [5.41, 5.74) is 0.992. The second-order valence-corrected chi connectivity index (χ2v) is 9.45. The Morgan fingerprint density at radius 2 is 1.69 bits per heavy atom. The summed E-state index contributed by atoms with van der Waals surface area (Å²) < 4.78 is 0. The molecule has 0 aliphatic carbocycles. The monoisotopic (exact) mass is 474 g/mol. The lowest BCUT2D eigenvalue weighted by molar-refractivity contribution is -0.134. The third-order valence-electron chi connectivity index (χ3n) is 5.72. The number of halogens is 2. The second-order valence-electron chi connectivity index (χ2n) is 8.61. The van der Waals surface area contributed by atoms with Gasteiger partial charge in [0.2, 0.25) is 5.91 Å². The molecule has 2 aromatic carbocycles. The van der Waals surface area contributed by atoms with Crippen LogP contribution >= 0.6 is 23.2 Å². The number of hydrogen-bond acceptors (Lipinski definition) is 3. The molecule has 0 bridgehead atoms. The molecule has 5 nitrogen and oxygen atoms in total. The molecular formula is C25H28Cl2N2O3.